The second-order valence-corrected chi connectivity index (χ2v) is 6.06. The molecule has 6 nitrogen and oxygen atoms in total. The highest BCUT2D eigenvalue weighted by Crippen LogP contribution is 2.21. The molecule has 1 aromatic rings. The van der Waals surface area contributed by atoms with Gasteiger partial charge in [-0.05, 0) is 20.8 Å². The Morgan fingerprint density at radius 1 is 1.23 bits per heavy atom. The van der Waals surface area contributed by atoms with Crippen LogP contribution >= 0.6 is 0 Å². The molecule has 0 atom stereocenters. The number of alkyl halides is 2. The maximum absolute atomic E-state index is 12.7. The van der Waals surface area contributed by atoms with Gasteiger partial charge in [-0.3, -0.25) is 0 Å². The van der Waals surface area contributed by atoms with Crippen molar-refractivity contribution in [2.75, 3.05) is 31.1 Å². The first-order valence-electron chi connectivity index (χ1n) is 7.09. The van der Waals surface area contributed by atoms with Gasteiger partial charge in [0, 0.05) is 32.2 Å². The first-order valence-corrected chi connectivity index (χ1v) is 7.09. The van der Waals surface area contributed by atoms with Crippen LogP contribution in [0.5, 0.6) is 0 Å². The van der Waals surface area contributed by atoms with Crippen LogP contribution in [0.1, 0.15) is 32.9 Å². The molecule has 1 fully saturated rings. The fraction of sp³-hybridized carbons (Fsp3) is 0.643. The van der Waals surface area contributed by atoms with Gasteiger partial charge in [0.1, 0.15) is 23.4 Å². The lowest BCUT2D eigenvalue weighted by Crippen LogP contribution is -2.50. The molecule has 1 aliphatic rings. The summed E-state index contributed by atoms with van der Waals surface area (Å²) in [5.41, 5.74) is -0.827. The summed E-state index contributed by atoms with van der Waals surface area (Å²) >= 11 is 0. The van der Waals surface area contributed by atoms with Crippen LogP contribution in [0, 0.1) is 0 Å². The average molecular weight is 314 g/mol. The zero-order valence-corrected chi connectivity index (χ0v) is 12.9. The van der Waals surface area contributed by atoms with Crippen LogP contribution in [-0.2, 0) is 4.74 Å². The molecule has 0 aliphatic carbocycles. The molecular weight excluding hydrogens is 294 g/mol. The van der Waals surface area contributed by atoms with Gasteiger partial charge in [0.25, 0.3) is 6.43 Å². The van der Waals surface area contributed by atoms with Gasteiger partial charge in [-0.15, -0.1) is 0 Å². The predicted octanol–water partition coefficient (Wildman–Crippen LogP) is 2.47. The van der Waals surface area contributed by atoms with Gasteiger partial charge in [0.05, 0.1) is 0 Å². The molecular formula is C14H20F2N4O2. The number of piperazine rings is 1. The van der Waals surface area contributed by atoms with Crippen molar-refractivity contribution in [2.24, 2.45) is 0 Å². The quantitative estimate of drug-likeness (QED) is 0.839. The summed E-state index contributed by atoms with van der Waals surface area (Å²) in [6, 6.07) is 1.29. The monoisotopic (exact) mass is 314 g/mol. The Bertz CT molecular complexity index is 526. The Hall–Kier alpha value is -1.99. The van der Waals surface area contributed by atoms with Crippen molar-refractivity contribution >= 4 is 11.9 Å². The van der Waals surface area contributed by atoms with Gasteiger partial charge >= 0.3 is 6.09 Å². The number of ether oxygens (including phenoxy) is 1. The third-order valence-electron chi connectivity index (χ3n) is 3.15. The summed E-state index contributed by atoms with van der Waals surface area (Å²) in [6.45, 7) is 7.39. The van der Waals surface area contributed by atoms with E-state index in [4.69, 9.17) is 4.74 Å². The standard InChI is InChI=1S/C14H20F2N4O2/c1-14(2,3)22-13(21)20-6-4-19(5-7-20)11-8-10(12(15)16)17-9-18-11/h8-9,12H,4-7H2,1-3H3. The molecule has 1 aromatic heterocycles. The summed E-state index contributed by atoms with van der Waals surface area (Å²) < 4.78 is 30.6. The third kappa shape index (κ3) is 4.25. The van der Waals surface area contributed by atoms with E-state index in [9.17, 15) is 13.6 Å². The number of amides is 1. The third-order valence-corrected chi connectivity index (χ3v) is 3.15. The molecule has 0 unspecified atom stereocenters. The molecule has 0 spiro atoms. The van der Waals surface area contributed by atoms with Gasteiger partial charge in [0.15, 0.2) is 0 Å². The minimum Gasteiger partial charge on any atom is -0.444 e. The van der Waals surface area contributed by atoms with Crippen molar-refractivity contribution < 1.29 is 18.3 Å². The second kappa shape index (κ2) is 6.41. The second-order valence-electron chi connectivity index (χ2n) is 6.06. The fourth-order valence-electron chi connectivity index (χ4n) is 2.10. The SMILES string of the molecule is CC(C)(C)OC(=O)N1CCN(c2cc(C(F)F)ncn2)CC1. The van der Waals surface area contributed by atoms with Gasteiger partial charge < -0.3 is 14.5 Å². The Morgan fingerprint density at radius 2 is 1.86 bits per heavy atom. The molecule has 2 rings (SSSR count). The first kappa shape index (κ1) is 16.4. The zero-order chi connectivity index (χ0) is 16.3. The summed E-state index contributed by atoms with van der Waals surface area (Å²) in [4.78, 5) is 23.0. The molecule has 0 bridgehead atoms. The summed E-state index contributed by atoms with van der Waals surface area (Å²) in [6.07, 6.45) is -1.84. The van der Waals surface area contributed by atoms with Crippen LogP contribution in [0.25, 0.3) is 0 Å². The topological polar surface area (TPSA) is 58.6 Å². The maximum atomic E-state index is 12.7. The number of rotatable bonds is 2. The van der Waals surface area contributed by atoms with E-state index in [1.807, 2.05) is 25.7 Å². The van der Waals surface area contributed by atoms with Crippen LogP contribution < -0.4 is 4.90 Å². The van der Waals surface area contributed by atoms with E-state index < -0.39 is 12.0 Å². The Morgan fingerprint density at radius 3 is 2.41 bits per heavy atom. The Labute approximate surface area is 128 Å². The van der Waals surface area contributed by atoms with E-state index >= 15 is 0 Å². The minimum atomic E-state index is -2.62. The minimum absolute atomic E-state index is 0.292. The molecule has 1 saturated heterocycles. The molecule has 0 radical (unpaired) electrons. The van der Waals surface area contributed by atoms with E-state index in [-0.39, 0.29) is 11.8 Å². The fourth-order valence-corrected chi connectivity index (χ4v) is 2.10. The van der Waals surface area contributed by atoms with Crippen molar-refractivity contribution in [3.05, 3.63) is 18.1 Å². The lowest BCUT2D eigenvalue weighted by atomic mass is 10.2. The van der Waals surface area contributed by atoms with E-state index in [1.54, 1.807) is 4.90 Å². The van der Waals surface area contributed by atoms with Crippen LogP contribution in [0.4, 0.5) is 19.4 Å². The van der Waals surface area contributed by atoms with Crippen LogP contribution in [-0.4, -0.2) is 52.7 Å². The van der Waals surface area contributed by atoms with Crippen molar-refractivity contribution in [2.45, 2.75) is 32.8 Å². The molecule has 0 saturated carbocycles. The van der Waals surface area contributed by atoms with Gasteiger partial charge in [-0.2, -0.15) is 0 Å². The molecule has 1 aliphatic heterocycles. The highest BCUT2D eigenvalue weighted by molar-refractivity contribution is 5.68. The van der Waals surface area contributed by atoms with Gasteiger partial charge in [-0.1, -0.05) is 0 Å². The predicted molar refractivity (Wildman–Crippen MR) is 77.0 cm³/mol. The van der Waals surface area contributed by atoms with Crippen LogP contribution in [0.3, 0.4) is 0 Å². The van der Waals surface area contributed by atoms with Crippen molar-refractivity contribution in [1.82, 2.24) is 14.9 Å². The normalized spacial score (nSPS) is 16.1. The highest BCUT2D eigenvalue weighted by atomic mass is 19.3. The molecule has 22 heavy (non-hydrogen) atoms. The molecule has 1 amide bonds. The number of anilines is 1. The van der Waals surface area contributed by atoms with E-state index in [0.29, 0.717) is 32.0 Å². The molecule has 2 heterocycles. The largest absolute Gasteiger partial charge is 0.444 e. The number of hydrogen-bond donors (Lipinski definition) is 0. The zero-order valence-electron chi connectivity index (χ0n) is 12.9. The van der Waals surface area contributed by atoms with Crippen molar-refractivity contribution in [1.29, 1.82) is 0 Å². The number of aromatic nitrogens is 2. The van der Waals surface area contributed by atoms with E-state index in [2.05, 4.69) is 9.97 Å². The summed E-state index contributed by atoms with van der Waals surface area (Å²) in [5, 5.41) is 0. The van der Waals surface area contributed by atoms with Crippen LogP contribution in [0.2, 0.25) is 0 Å². The molecule has 122 valence electrons. The van der Waals surface area contributed by atoms with Gasteiger partial charge in [-0.25, -0.2) is 23.5 Å². The summed E-state index contributed by atoms with van der Waals surface area (Å²) in [5.74, 6) is 0.453. The lowest BCUT2D eigenvalue weighted by molar-refractivity contribution is 0.0240. The smallest absolute Gasteiger partial charge is 0.410 e. The number of carbonyl (C=O) groups excluding carboxylic acids is 1. The number of nitrogens with zero attached hydrogens (tertiary/aromatic N) is 4. The average Bonchev–Trinajstić information content (AvgIpc) is 2.46. The van der Waals surface area contributed by atoms with Gasteiger partial charge in [0.2, 0.25) is 0 Å². The number of carbonyl (C=O) groups is 1. The number of halogens is 2. The van der Waals surface area contributed by atoms with Crippen molar-refractivity contribution in [3.63, 3.8) is 0 Å². The molecule has 0 aromatic carbocycles. The summed E-state index contributed by atoms with van der Waals surface area (Å²) in [7, 11) is 0. The molecule has 8 heteroatoms. The Balaban J connectivity index is 1.95. The maximum Gasteiger partial charge on any atom is 0.410 e. The first-order chi connectivity index (χ1) is 10.3. The van der Waals surface area contributed by atoms with Crippen LogP contribution in [0.15, 0.2) is 12.4 Å². The van der Waals surface area contributed by atoms with Crippen molar-refractivity contribution in [3.8, 4) is 0 Å². The van der Waals surface area contributed by atoms with E-state index in [1.165, 1.54) is 6.07 Å². The van der Waals surface area contributed by atoms with E-state index in [0.717, 1.165) is 6.33 Å². The number of hydrogen-bond acceptors (Lipinski definition) is 5. The lowest BCUT2D eigenvalue weighted by Gasteiger charge is -2.36. The Kier molecular flexibility index (Phi) is 4.77. The highest BCUT2D eigenvalue weighted by Gasteiger charge is 2.26. The molecule has 0 N–H and O–H groups in total.